The number of hydrogen-bond donors (Lipinski definition) is 1. The molecule has 2 unspecified atom stereocenters. The summed E-state index contributed by atoms with van der Waals surface area (Å²) in [5.41, 5.74) is 6.19. The molecule has 0 aliphatic carbocycles. The van der Waals surface area contributed by atoms with E-state index in [-0.39, 0.29) is 0 Å². The molecule has 2 aliphatic heterocycles. The number of nitrogens with zero attached hydrogens (tertiary/aromatic N) is 2. The average Bonchev–Trinajstić information content (AvgIpc) is 2.84. The smallest absolute Gasteiger partial charge is 0.0224 e. The molecule has 2 aliphatic rings. The summed E-state index contributed by atoms with van der Waals surface area (Å²) in [6, 6.07) is 0.867. The molecule has 0 aromatic carbocycles. The summed E-state index contributed by atoms with van der Waals surface area (Å²) < 4.78 is 0. The topological polar surface area (TPSA) is 32.5 Å². The highest BCUT2D eigenvalue weighted by Gasteiger charge is 2.30. The van der Waals surface area contributed by atoms with Crippen molar-refractivity contribution in [3.05, 3.63) is 0 Å². The maximum Gasteiger partial charge on any atom is 0.0224 e. The predicted molar refractivity (Wildman–Crippen MR) is 86.9 cm³/mol. The molecule has 0 spiro atoms. The van der Waals surface area contributed by atoms with Gasteiger partial charge in [0.2, 0.25) is 0 Å². The summed E-state index contributed by atoms with van der Waals surface area (Å²) in [4.78, 5) is 5.40. The SMILES string of the molecule is CC(C)(C)C(CCN)CCCN1CCN2CCCC2C1. The number of rotatable bonds is 6. The van der Waals surface area contributed by atoms with E-state index < -0.39 is 0 Å². The molecule has 2 fully saturated rings. The number of piperazine rings is 1. The monoisotopic (exact) mass is 281 g/mol. The van der Waals surface area contributed by atoms with Gasteiger partial charge in [0.1, 0.15) is 0 Å². The zero-order valence-corrected chi connectivity index (χ0v) is 13.9. The lowest BCUT2D eigenvalue weighted by molar-refractivity contribution is 0.0988. The van der Waals surface area contributed by atoms with Crippen LogP contribution in [0.1, 0.15) is 52.9 Å². The lowest BCUT2D eigenvalue weighted by Crippen LogP contribution is -2.50. The third-order valence-corrected chi connectivity index (χ3v) is 5.44. The third-order valence-electron chi connectivity index (χ3n) is 5.44. The van der Waals surface area contributed by atoms with Gasteiger partial charge in [0.15, 0.2) is 0 Å². The maximum absolute atomic E-state index is 5.78. The molecule has 2 atom stereocenters. The van der Waals surface area contributed by atoms with Crippen molar-refractivity contribution in [3.63, 3.8) is 0 Å². The zero-order valence-electron chi connectivity index (χ0n) is 13.9. The summed E-state index contributed by atoms with van der Waals surface area (Å²) in [6.45, 7) is 14.5. The van der Waals surface area contributed by atoms with Crippen molar-refractivity contribution >= 4 is 0 Å². The lowest BCUT2D eigenvalue weighted by atomic mass is 9.76. The molecule has 0 aromatic heterocycles. The Hall–Kier alpha value is -0.120. The van der Waals surface area contributed by atoms with Crippen LogP contribution >= 0.6 is 0 Å². The zero-order chi connectivity index (χ0) is 14.6. The fraction of sp³-hybridized carbons (Fsp3) is 1.00. The molecule has 2 N–H and O–H groups in total. The van der Waals surface area contributed by atoms with E-state index in [0.29, 0.717) is 5.41 Å². The highest BCUT2D eigenvalue weighted by atomic mass is 15.3. The molecule has 0 amide bonds. The first-order chi connectivity index (χ1) is 9.50. The van der Waals surface area contributed by atoms with Crippen LogP contribution in [0.5, 0.6) is 0 Å². The molecule has 118 valence electrons. The molecule has 2 saturated heterocycles. The van der Waals surface area contributed by atoms with E-state index in [4.69, 9.17) is 5.73 Å². The van der Waals surface area contributed by atoms with Crippen LogP contribution in [-0.4, -0.2) is 55.1 Å². The summed E-state index contributed by atoms with van der Waals surface area (Å²) in [6.07, 6.45) is 6.70. The molecule has 20 heavy (non-hydrogen) atoms. The van der Waals surface area contributed by atoms with Crippen molar-refractivity contribution in [2.24, 2.45) is 17.1 Å². The van der Waals surface area contributed by atoms with Gasteiger partial charge in [-0.25, -0.2) is 0 Å². The van der Waals surface area contributed by atoms with Gasteiger partial charge in [0, 0.05) is 25.7 Å². The normalized spacial score (nSPS) is 26.7. The maximum atomic E-state index is 5.78. The number of nitrogens with two attached hydrogens (primary N) is 1. The van der Waals surface area contributed by atoms with E-state index in [1.807, 2.05) is 0 Å². The largest absolute Gasteiger partial charge is 0.330 e. The second-order valence-corrected chi connectivity index (χ2v) is 7.92. The van der Waals surface area contributed by atoms with Crippen molar-refractivity contribution in [2.75, 3.05) is 39.3 Å². The molecule has 2 rings (SSSR count). The molecular formula is C17H35N3. The van der Waals surface area contributed by atoms with Crippen LogP contribution in [0, 0.1) is 11.3 Å². The quantitative estimate of drug-likeness (QED) is 0.812. The molecule has 0 aromatic rings. The summed E-state index contributed by atoms with van der Waals surface area (Å²) in [5.74, 6) is 0.778. The van der Waals surface area contributed by atoms with Crippen molar-refractivity contribution in [1.82, 2.24) is 9.80 Å². The van der Waals surface area contributed by atoms with Crippen molar-refractivity contribution in [2.45, 2.75) is 58.9 Å². The first-order valence-electron chi connectivity index (χ1n) is 8.67. The second-order valence-electron chi connectivity index (χ2n) is 7.92. The van der Waals surface area contributed by atoms with Crippen molar-refractivity contribution < 1.29 is 0 Å². The van der Waals surface area contributed by atoms with E-state index >= 15 is 0 Å². The van der Waals surface area contributed by atoms with Crippen LogP contribution in [0.3, 0.4) is 0 Å². The summed E-state index contributed by atoms with van der Waals surface area (Å²) in [5, 5.41) is 0. The van der Waals surface area contributed by atoms with Crippen LogP contribution in [0.2, 0.25) is 0 Å². The van der Waals surface area contributed by atoms with Gasteiger partial charge in [0.25, 0.3) is 0 Å². The summed E-state index contributed by atoms with van der Waals surface area (Å²) >= 11 is 0. The predicted octanol–water partition coefficient (Wildman–Crippen LogP) is 2.56. The average molecular weight is 281 g/mol. The second kappa shape index (κ2) is 7.24. The van der Waals surface area contributed by atoms with Crippen molar-refractivity contribution in [1.29, 1.82) is 0 Å². The first kappa shape index (κ1) is 16.3. The van der Waals surface area contributed by atoms with E-state index in [2.05, 4.69) is 30.6 Å². The molecular weight excluding hydrogens is 246 g/mol. The Labute approximate surface area is 125 Å². The molecule has 0 saturated carbocycles. The van der Waals surface area contributed by atoms with E-state index in [9.17, 15) is 0 Å². The van der Waals surface area contributed by atoms with E-state index in [1.54, 1.807) is 0 Å². The Kier molecular flexibility index (Phi) is 5.88. The minimum absolute atomic E-state index is 0.406. The first-order valence-corrected chi connectivity index (χ1v) is 8.67. The number of fused-ring (bicyclic) bond motifs is 1. The van der Waals surface area contributed by atoms with Gasteiger partial charge in [-0.2, -0.15) is 0 Å². The minimum Gasteiger partial charge on any atom is -0.330 e. The van der Waals surface area contributed by atoms with Crippen molar-refractivity contribution in [3.8, 4) is 0 Å². The Bertz CT molecular complexity index is 284. The molecule has 3 nitrogen and oxygen atoms in total. The van der Waals surface area contributed by atoms with Crippen LogP contribution in [0.4, 0.5) is 0 Å². The van der Waals surface area contributed by atoms with E-state index in [0.717, 1.165) is 18.5 Å². The fourth-order valence-electron chi connectivity index (χ4n) is 4.03. The van der Waals surface area contributed by atoms with Gasteiger partial charge in [-0.05, 0) is 63.1 Å². The molecule has 3 heteroatoms. The van der Waals surface area contributed by atoms with Gasteiger partial charge in [-0.15, -0.1) is 0 Å². The fourth-order valence-corrected chi connectivity index (χ4v) is 4.03. The Balaban J connectivity index is 1.69. The highest BCUT2D eigenvalue weighted by Crippen LogP contribution is 2.32. The molecule has 0 radical (unpaired) electrons. The van der Waals surface area contributed by atoms with Crippen LogP contribution in [0.25, 0.3) is 0 Å². The van der Waals surface area contributed by atoms with E-state index in [1.165, 1.54) is 64.8 Å². The van der Waals surface area contributed by atoms with Crippen LogP contribution < -0.4 is 5.73 Å². The lowest BCUT2D eigenvalue weighted by Gasteiger charge is -2.38. The Morgan fingerprint density at radius 2 is 1.95 bits per heavy atom. The van der Waals surface area contributed by atoms with Gasteiger partial charge < -0.3 is 10.6 Å². The standard InChI is InChI=1S/C17H35N3/c1-17(2,3)15(8-9-18)6-4-10-19-12-13-20-11-5-7-16(20)14-19/h15-16H,4-14,18H2,1-3H3. The minimum atomic E-state index is 0.406. The Morgan fingerprint density at radius 3 is 2.65 bits per heavy atom. The van der Waals surface area contributed by atoms with Gasteiger partial charge >= 0.3 is 0 Å². The van der Waals surface area contributed by atoms with Gasteiger partial charge in [-0.3, -0.25) is 4.90 Å². The van der Waals surface area contributed by atoms with Crippen LogP contribution in [0.15, 0.2) is 0 Å². The molecule has 2 heterocycles. The third kappa shape index (κ3) is 4.44. The number of hydrogen-bond acceptors (Lipinski definition) is 3. The van der Waals surface area contributed by atoms with Gasteiger partial charge in [-0.1, -0.05) is 20.8 Å². The molecule has 0 bridgehead atoms. The summed E-state index contributed by atoms with van der Waals surface area (Å²) in [7, 11) is 0. The highest BCUT2D eigenvalue weighted by molar-refractivity contribution is 4.87. The van der Waals surface area contributed by atoms with Gasteiger partial charge in [0.05, 0.1) is 0 Å². The van der Waals surface area contributed by atoms with Crippen LogP contribution in [-0.2, 0) is 0 Å². The Morgan fingerprint density at radius 1 is 1.15 bits per heavy atom.